The highest BCUT2D eigenvalue weighted by atomic mass is 16.5. The predicted octanol–water partition coefficient (Wildman–Crippen LogP) is 1.47. The third-order valence-electron chi connectivity index (χ3n) is 4.05. The Bertz CT molecular complexity index is 752. The van der Waals surface area contributed by atoms with E-state index in [0.717, 1.165) is 16.8 Å². The van der Waals surface area contributed by atoms with E-state index in [1.807, 2.05) is 31.2 Å². The molecule has 0 spiro atoms. The molecule has 1 aliphatic rings. The number of benzene rings is 1. The van der Waals surface area contributed by atoms with E-state index >= 15 is 0 Å². The SMILES string of the molecule is COC(=O)c1n[nH]c2c1CCN(C(=O)COc1ccc(C)cc1)C2. The predicted molar refractivity (Wildman–Crippen MR) is 85.7 cm³/mol. The number of hydrogen-bond donors (Lipinski definition) is 1. The molecule has 0 unspecified atom stereocenters. The molecule has 1 aromatic carbocycles. The lowest BCUT2D eigenvalue weighted by atomic mass is 10.0. The zero-order chi connectivity index (χ0) is 17.1. The van der Waals surface area contributed by atoms with Gasteiger partial charge in [0.15, 0.2) is 12.3 Å². The number of fused-ring (bicyclic) bond motifs is 1. The Balaban J connectivity index is 1.60. The second-order valence-electron chi connectivity index (χ2n) is 5.69. The number of amides is 1. The lowest BCUT2D eigenvalue weighted by molar-refractivity contribution is -0.134. The fourth-order valence-electron chi connectivity index (χ4n) is 2.67. The average molecular weight is 329 g/mol. The van der Waals surface area contributed by atoms with Gasteiger partial charge in [0.1, 0.15) is 5.75 Å². The number of hydrogen-bond acceptors (Lipinski definition) is 5. The van der Waals surface area contributed by atoms with Gasteiger partial charge in [0.25, 0.3) is 5.91 Å². The lowest BCUT2D eigenvalue weighted by Crippen LogP contribution is -2.39. The van der Waals surface area contributed by atoms with Crippen molar-refractivity contribution in [3.05, 3.63) is 46.8 Å². The first-order valence-electron chi connectivity index (χ1n) is 7.70. The van der Waals surface area contributed by atoms with E-state index in [1.54, 1.807) is 4.90 Å². The Labute approximate surface area is 139 Å². The number of rotatable bonds is 4. The van der Waals surface area contributed by atoms with Crippen molar-refractivity contribution < 1.29 is 19.1 Å². The van der Waals surface area contributed by atoms with Crippen LogP contribution in [-0.4, -0.2) is 47.2 Å². The van der Waals surface area contributed by atoms with Gasteiger partial charge < -0.3 is 14.4 Å². The number of ether oxygens (including phenoxy) is 2. The molecule has 0 atom stereocenters. The quantitative estimate of drug-likeness (QED) is 0.859. The minimum absolute atomic E-state index is 0.0175. The summed E-state index contributed by atoms with van der Waals surface area (Å²) in [6.07, 6.45) is 0.562. The number of H-pyrrole nitrogens is 1. The van der Waals surface area contributed by atoms with Gasteiger partial charge in [0, 0.05) is 12.1 Å². The number of carbonyl (C=O) groups excluding carboxylic acids is 2. The Morgan fingerprint density at radius 1 is 1.29 bits per heavy atom. The van der Waals surface area contributed by atoms with Gasteiger partial charge >= 0.3 is 5.97 Å². The smallest absolute Gasteiger partial charge is 0.358 e. The van der Waals surface area contributed by atoms with Crippen LogP contribution in [0.1, 0.15) is 27.3 Å². The summed E-state index contributed by atoms with van der Waals surface area (Å²) in [6, 6.07) is 7.56. The normalized spacial score (nSPS) is 13.3. The maximum absolute atomic E-state index is 12.3. The molecule has 7 heteroatoms. The van der Waals surface area contributed by atoms with Crippen molar-refractivity contribution in [1.82, 2.24) is 15.1 Å². The second kappa shape index (κ2) is 6.74. The fraction of sp³-hybridized carbons (Fsp3) is 0.353. The van der Waals surface area contributed by atoms with Crippen LogP contribution >= 0.6 is 0 Å². The van der Waals surface area contributed by atoms with Gasteiger partial charge in [-0.3, -0.25) is 9.89 Å². The van der Waals surface area contributed by atoms with Crippen LogP contribution in [0.4, 0.5) is 0 Å². The van der Waals surface area contributed by atoms with E-state index in [9.17, 15) is 9.59 Å². The molecule has 0 fully saturated rings. The number of aromatic amines is 1. The zero-order valence-corrected chi connectivity index (χ0v) is 13.7. The minimum atomic E-state index is -0.463. The van der Waals surface area contributed by atoms with Crippen molar-refractivity contribution in [3.63, 3.8) is 0 Å². The topological polar surface area (TPSA) is 84.5 Å². The molecule has 1 amide bonds. The van der Waals surface area contributed by atoms with Crippen LogP contribution in [0.15, 0.2) is 24.3 Å². The Kier molecular flexibility index (Phi) is 4.50. The largest absolute Gasteiger partial charge is 0.484 e. The van der Waals surface area contributed by atoms with Crippen molar-refractivity contribution in [2.45, 2.75) is 19.9 Å². The summed E-state index contributed by atoms with van der Waals surface area (Å²) in [4.78, 5) is 25.7. The summed E-state index contributed by atoms with van der Waals surface area (Å²) in [5.74, 6) is 0.103. The third-order valence-corrected chi connectivity index (χ3v) is 4.05. The molecule has 2 heterocycles. The number of nitrogens with one attached hydrogen (secondary N) is 1. The molecule has 3 rings (SSSR count). The molecule has 1 aliphatic heterocycles. The van der Waals surface area contributed by atoms with Crippen LogP contribution in [0.3, 0.4) is 0 Å². The molecular formula is C17H19N3O4. The van der Waals surface area contributed by atoms with Crippen molar-refractivity contribution in [1.29, 1.82) is 0 Å². The van der Waals surface area contributed by atoms with Gasteiger partial charge in [-0.2, -0.15) is 5.10 Å². The molecule has 0 aliphatic carbocycles. The van der Waals surface area contributed by atoms with Gasteiger partial charge in [0.05, 0.1) is 19.3 Å². The van der Waals surface area contributed by atoms with E-state index < -0.39 is 5.97 Å². The molecular weight excluding hydrogens is 310 g/mol. The first kappa shape index (κ1) is 16.0. The number of aryl methyl sites for hydroxylation is 1. The summed E-state index contributed by atoms with van der Waals surface area (Å²) in [7, 11) is 1.32. The van der Waals surface area contributed by atoms with Crippen molar-refractivity contribution in [2.75, 3.05) is 20.3 Å². The van der Waals surface area contributed by atoms with E-state index in [-0.39, 0.29) is 12.5 Å². The Hall–Kier alpha value is -2.83. The van der Waals surface area contributed by atoms with Crippen LogP contribution < -0.4 is 4.74 Å². The third kappa shape index (κ3) is 3.24. The summed E-state index contributed by atoms with van der Waals surface area (Å²) >= 11 is 0. The first-order valence-corrected chi connectivity index (χ1v) is 7.70. The summed E-state index contributed by atoms with van der Waals surface area (Å²) in [6.45, 7) is 2.88. The molecule has 7 nitrogen and oxygen atoms in total. The van der Waals surface area contributed by atoms with Gasteiger partial charge in [-0.15, -0.1) is 0 Å². The van der Waals surface area contributed by atoms with Crippen molar-refractivity contribution in [3.8, 4) is 5.75 Å². The van der Waals surface area contributed by atoms with E-state index in [2.05, 4.69) is 10.2 Å². The molecule has 2 aromatic rings. The van der Waals surface area contributed by atoms with Crippen LogP contribution in [0.25, 0.3) is 0 Å². The van der Waals surface area contributed by atoms with Crippen LogP contribution in [0.2, 0.25) is 0 Å². The zero-order valence-electron chi connectivity index (χ0n) is 13.7. The highest BCUT2D eigenvalue weighted by Gasteiger charge is 2.27. The van der Waals surface area contributed by atoms with E-state index in [4.69, 9.17) is 9.47 Å². The number of aromatic nitrogens is 2. The number of methoxy groups -OCH3 is 1. The number of carbonyl (C=O) groups is 2. The summed E-state index contributed by atoms with van der Waals surface area (Å²) in [5.41, 5.74) is 3.03. The maximum Gasteiger partial charge on any atom is 0.358 e. The number of esters is 1. The molecule has 0 saturated carbocycles. The van der Waals surface area contributed by atoms with Crippen molar-refractivity contribution >= 4 is 11.9 Å². The number of nitrogens with zero attached hydrogens (tertiary/aromatic N) is 2. The van der Waals surface area contributed by atoms with Crippen LogP contribution in [0.5, 0.6) is 5.75 Å². The Morgan fingerprint density at radius 2 is 2.04 bits per heavy atom. The minimum Gasteiger partial charge on any atom is -0.484 e. The summed E-state index contributed by atoms with van der Waals surface area (Å²) < 4.78 is 10.2. The molecule has 1 aromatic heterocycles. The molecule has 0 radical (unpaired) electrons. The fourth-order valence-corrected chi connectivity index (χ4v) is 2.67. The molecule has 0 bridgehead atoms. The van der Waals surface area contributed by atoms with Gasteiger partial charge in [-0.25, -0.2) is 4.79 Å². The van der Waals surface area contributed by atoms with Gasteiger partial charge in [-0.05, 0) is 25.5 Å². The highest BCUT2D eigenvalue weighted by Crippen LogP contribution is 2.21. The van der Waals surface area contributed by atoms with E-state index in [0.29, 0.717) is 31.0 Å². The Morgan fingerprint density at radius 3 is 2.75 bits per heavy atom. The average Bonchev–Trinajstić information content (AvgIpc) is 3.03. The standard InChI is InChI=1S/C17H19N3O4/c1-11-3-5-12(6-4-11)24-10-15(21)20-8-7-13-14(9-20)18-19-16(13)17(22)23-2/h3-6H,7-10H2,1-2H3,(H,18,19). The molecule has 126 valence electrons. The molecule has 24 heavy (non-hydrogen) atoms. The summed E-state index contributed by atoms with van der Waals surface area (Å²) in [5, 5.41) is 6.82. The van der Waals surface area contributed by atoms with Crippen LogP contribution in [0, 0.1) is 6.92 Å². The highest BCUT2D eigenvalue weighted by molar-refractivity contribution is 5.89. The monoisotopic (exact) mass is 329 g/mol. The van der Waals surface area contributed by atoms with Gasteiger partial charge in [-0.1, -0.05) is 17.7 Å². The van der Waals surface area contributed by atoms with E-state index in [1.165, 1.54) is 7.11 Å². The molecule has 0 saturated heterocycles. The van der Waals surface area contributed by atoms with Gasteiger partial charge in [0.2, 0.25) is 0 Å². The molecule has 1 N–H and O–H groups in total. The first-order chi connectivity index (χ1) is 11.6. The maximum atomic E-state index is 12.3. The van der Waals surface area contributed by atoms with Crippen molar-refractivity contribution in [2.24, 2.45) is 0 Å². The lowest BCUT2D eigenvalue weighted by Gasteiger charge is -2.26. The van der Waals surface area contributed by atoms with Crippen LogP contribution in [-0.2, 0) is 22.5 Å². The second-order valence-corrected chi connectivity index (χ2v) is 5.69.